The molecule has 0 unspecified atom stereocenters. The van der Waals surface area contributed by atoms with Crippen LogP contribution in [0.3, 0.4) is 0 Å². The van der Waals surface area contributed by atoms with Gasteiger partial charge in [-0.2, -0.15) is 11.3 Å². The van der Waals surface area contributed by atoms with Crippen LogP contribution in [0.25, 0.3) is 10.9 Å². The van der Waals surface area contributed by atoms with Crippen molar-refractivity contribution in [2.45, 2.75) is 6.42 Å². The molecule has 0 bridgehead atoms. The van der Waals surface area contributed by atoms with Gasteiger partial charge in [-0.1, -0.05) is 18.2 Å². The summed E-state index contributed by atoms with van der Waals surface area (Å²) < 4.78 is 0. The number of aromatic nitrogens is 1. The molecule has 18 heavy (non-hydrogen) atoms. The van der Waals surface area contributed by atoms with Crippen molar-refractivity contribution in [1.82, 2.24) is 4.98 Å². The number of Topliss-reactive ketones (excluding diaryl/α,β-unsaturated/α-hetero) is 1. The highest BCUT2D eigenvalue weighted by Crippen LogP contribution is 2.18. The first-order valence-electron chi connectivity index (χ1n) is 5.72. The fraction of sp³-hybridized carbons (Fsp3) is 0.0667. The first-order valence-corrected chi connectivity index (χ1v) is 6.67. The van der Waals surface area contributed by atoms with Gasteiger partial charge in [-0.15, -0.1) is 0 Å². The summed E-state index contributed by atoms with van der Waals surface area (Å²) in [6.45, 7) is 0. The second-order valence-electron chi connectivity index (χ2n) is 4.11. The number of benzene rings is 1. The second-order valence-corrected chi connectivity index (χ2v) is 4.89. The van der Waals surface area contributed by atoms with Gasteiger partial charge in [-0.25, -0.2) is 0 Å². The molecule has 0 spiro atoms. The summed E-state index contributed by atoms with van der Waals surface area (Å²) in [7, 11) is 0. The van der Waals surface area contributed by atoms with Gasteiger partial charge in [0.1, 0.15) is 0 Å². The normalized spacial score (nSPS) is 10.7. The molecule has 2 heterocycles. The van der Waals surface area contributed by atoms with Crippen LogP contribution in [-0.4, -0.2) is 10.8 Å². The lowest BCUT2D eigenvalue weighted by Crippen LogP contribution is -2.04. The molecule has 0 N–H and O–H groups in total. The molecule has 0 aliphatic heterocycles. The monoisotopic (exact) mass is 253 g/mol. The molecule has 1 aromatic carbocycles. The lowest BCUT2D eigenvalue weighted by molar-refractivity contribution is 0.0994. The van der Waals surface area contributed by atoms with E-state index in [0.717, 1.165) is 16.5 Å². The summed E-state index contributed by atoms with van der Waals surface area (Å²) in [4.78, 5) is 16.6. The molecule has 0 aliphatic carbocycles. The molecule has 0 atom stereocenters. The Bertz CT molecular complexity index is 683. The van der Waals surface area contributed by atoms with Gasteiger partial charge >= 0.3 is 0 Å². The number of hydrogen-bond donors (Lipinski definition) is 0. The number of rotatable bonds is 3. The quantitative estimate of drug-likeness (QED) is 0.666. The lowest BCUT2D eigenvalue weighted by Gasteiger charge is -2.03. The summed E-state index contributed by atoms with van der Waals surface area (Å²) in [6, 6.07) is 11.6. The standard InChI is InChI=1S/C15H11NOS/c17-14(9-11-6-8-18-10-11)13-5-1-3-12-4-2-7-16-15(12)13/h1-8,10H,9H2. The highest BCUT2D eigenvalue weighted by atomic mass is 32.1. The van der Waals surface area contributed by atoms with Crippen molar-refractivity contribution >= 4 is 28.0 Å². The van der Waals surface area contributed by atoms with Gasteiger partial charge in [-0.05, 0) is 34.5 Å². The summed E-state index contributed by atoms with van der Waals surface area (Å²) in [6.07, 6.45) is 2.17. The molecule has 0 saturated carbocycles. The highest BCUT2D eigenvalue weighted by molar-refractivity contribution is 7.08. The Kier molecular flexibility index (Phi) is 2.90. The number of thiophene rings is 1. The Morgan fingerprint density at radius 1 is 1.17 bits per heavy atom. The third kappa shape index (κ3) is 2.05. The first-order chi connectivity index (χ1) is 8.84. The van der Waals surface area contributed by atoms with Gasteiger partial charge in [0.2, 0.25) is 0 Å². The molecule has 3 heteroatoms. The smallest absolute Gasteiger partial charge is 0.169 e. The van der Waals surface area contributed by atoms with Crippen molar-refractivity contribution in [3.8, 4) is 0 Å². The zero-order valence-electron chi connectivity index (χ0n) is 9.67. The van der Waals surface area contributed by atoms with Crippen molar-refractivity contribution in [3.05, 3.63) is 64.5 Å². The minimum absolute atomic E-state index is 0.123. The lowest BCUT2D eigenvalue weighted by atomic mass is 10.0. The SMILES string of the molecule is O=C(Cc1ccsc1)c1cccc2cccnc12. The summed E-state index contributed by atoms with van der Waals surface area (Å²) >= 11 is 1.61. The molecular formula is C15H11NOS. The van der Waals surface area contributed by atoms with Crippen LogP contribution in [-0.2, 0) is 6.42 Å². The van der Waals surface area contributed by atoms with Crippen molar-refractivity contribution in [3.63, 3.8) is 0 Å². The fourth-order valence-corrected chi connectivity index (χ4v) is 2.67. The molecule has 0 aliphatic rings. The molecule has 0 fully saturated rings. The maximum atomic E-state index is 12.3. The van der Waals surface area contributed by atoms with E-state index in [9.17, 15) is 4.79 Å². The summed E-state index contributed by atoms with van der Waals surface area (Å²) in [5.74, 6) is 0.123. The number of para-hydroxylation sites is 1. The Morgan fingerprint density at radius 2 is 2.06 bits per heavy atom. The number of ketones is 1. The van der Waals surface area contributed by atoms with Gasteiger partial charge in [0.15, 0.2) is 5.78 Å². The molecule has 2 nitrogen and oxygen atoms in total. The van der Waals surface area contributed by atoms with Crippen LogP contribution in [0.1, 0.15) is 15.9 Å². The Balaban J connectivity index is 2.01. The number of fused-ring (bicyclic) bond motifs is 1. The van der Waals surface area contributed by atoms with E-state index in [-0.39, 0.29) is 5.78 Å². The van der Waals surface area contributed by atoms with Gasteiger partial charge in [0, 0.05) is 23.6 Å². The third-order valence-corrected chi connectivity index (χ3v) is 3.61. The number of hydrogen-bond acceptors (Lipinski definition) is 3. The van der Waals surface area contributed by atoms with Crippen LogP contribution in [0.4, 0.5) is 0 Å². The molecule has 88 valence electrons. The van der Waals surface area contributed by atoms with Crippen LogP contribution >= 0.6 is 11.3 Å². The minimum atomic E-state index is 0.123. The van der Waals surface area contributed by atoms with Crippen LogP contribution in [0.5, 0.6) is 0 Å². The van der Waals surface area contributed by atoms with Crippen LogP contribution in [0.15, 0.2) is 53.4 Å². The molecular weight excluding hydrogens is 242 g/mol. The van der Waals surface area contributed by atoms with Gasteiger partial charge in [0.05, 0.1) is 5.52 Å². The predicted molar refractivity (Wildman–Crippen MR) is 74.1 cm³/mol. The molecule has 2 aromatic heterocycles. The Labute approximate surface area is 109 Å². The fourth-order valence-electron chi connectivity index (χ4n) is 2.00. The van der Waals surface area contributed by atoms with Crippen LogP contribution in [0, 0.1) is 0 Å². The van der Waals surface area contributed by atoms with E-state index in [0.29, 0.717) is 12.0 Å². The Hall–Kier alpha value is -2.00. The van der Waals surface area contributed by atoms with Gasteiger partial charge < -0.3 is 0 Å². The van der Waals surface area contributed by atoms with E-state index in [4.69, 9.17) is 0 Å². The van der Waals surface area contributed by atoms with Crippen molar-refractivity contribution in [2.75, 3.05) is 0 Å². The summed E-state index contributed by atoms with van der Waals surface area (Å²) in [5.41, 5.74) is 2.57. The minimum Gasteiger partial charge on any atom is -0.294 e. The molecule has 0 radical (unpaired) electrons. The predicted octanol–water partition coefficient (Wildman–Crippen LogP) is 3.72. The molecule has 3 aromatic rings. The average Bonchev–Trinajstić information content (AvgIpc) is 2.91. The number of pyridine rings is 1. The molecule has 0 saturated heterocycles. The van der Waals surface area contributed by atoms with E-state index >= 15 is 0 Å². The van der Waals surface area contributed by atoms with Crippen LogP contribution in [0.2, 0.25) is 0 Å². The molecule has 0 amide bonds. The number of carbonyl (C=O) groups is 1. The second kappa shape index (κ2) is 4.70. The maximum absolute atomic E-state index is 12.3. The van der Waals surface area contributed by atoms with Gasteiger partial charge in [-0.3, -0.25) is 9.78 Å². The van der Waals surface area contributed by atoms with Crippen molar-refractivity contribution in [1.29, 1.82) is 0 Å². The van der Waals surface area contributed by atoms with Crippen molar-refractivity contribution < 1.29 is 4.79 Å². The average molecular weight is 253 g/mol. The Morgan fingerprint density at radius 3 is 2.89 bits per heavy atom. The summed E-state index contributed by atoms with van der Waals surface area (Å²) in [5, 5.41) is 5.01. The van der Waals surface area contributed by atoms with E-state index in [2.05, 4.69) is 4.98 Å². The number of nitrogens with zero attached hydrogens (tertiary/aromatic N) is 1. The zero-order chi connectivity index (χ0) is 12.4. The highest BCUT2D eigenvalue weighted by Gasteiger charge is 2.11. The van der Waals surface area contributed by atoms with E-state index < -0.39 is 0 Å². The third-order valence-electron chi connectivity index (χ3n) is 2.88. The largest absolute Gasteiger partial charge is 0.294 e. The maximum Gasteiger partial charge on any atom is 0.169 e. The van der Waals surface area contributed by atoms with E-state index in [1.165, 1.54) is 0 Å². The first kappa shape index (κ1) is 11.1. The van der Waals surface area contributed by atoms with Gasteiger partial charge in [0.25, 0.3) is 0 Å². The number of carbonyl (C=O) groups excluding carboxylic acids is 1. The van der Waals surface area contributed by atoms with E-state index in [1.54, 1.807) is 17.5 Å². The molecule has 3 rings (SSSR count). The van der Waals surface area contributed by atoms with Crippen molar-refractivity contribution in [2.24, 2.45) is 0 Å². The van der Waals surface area contributed by atoms with Crippen LogP contribution < -0.4 is 0 Å². The van der Waals surface area contributed by atoms with E-state index in [1.807, 2.05) is 47.2 Å². The topological polar surface area (TPSA) is 30.0 Å². The zero-order valence-corrected chi connectivity index (χ0v) is 10.5.